The molecule has 0 bridgehead atoms. The van der Waals surface area contributed by atoms with Gasteiger partial charge in [0.25, 0.3) is 11.8 Å². The van der Waals surface area contributed by atoms with E-state index in [1.54, 1.807) is 24.4 Å². The Morgan fingerprint density at radius 2 is 2.00 bits per heavy atom. The average molecular weight is 278 g/mol. The van der Waals surface area contributed by atoms with Gasteiger partial charge < -0.3 is 11.1 Å². The molecule has 0 saturated carbocycles. The van der Waals surface area contributed by atoms with Crippen LogP contribution < -0.4 is 11.1 Å². The van der Waals surface area contributed by atoms with Crippen LogP contribution in [0.3, 0.4) is 0 Å². The van der Waals surface area contributed by atoms with Crippen LogP contribution in [0.1, 0.15) is 26.3 Å². The molecule has 0 aliphatic carbocycles. The molecule has 0 aliphatic rings. The maximum absolute atomic E-state index is 13.8. The maximum atomic E-state index is 13.8. The minimum absolute atomic E-state index is 0.0659. The number of nitrogens with two attached hydrogens (primary N) is 1. The highest BCUT2D eigenvalue weighted by molar-refractivity contribution is 7.14. The molecular formula is C13H11FN2O2S. The molecule has 2 aromatic rings. The van der Waals surface area contributed by atoms with E-state index in [9.17, 15) is 14.0 Å². The fourth-order valence-corrected chi connectivity index (χ4v) is 2.38. The molecule has 2 amide bonds. The fourth-order valence-electron chi connectivity index (χ4n) is 1.59. The third-order valence-electron chi connectivity index (χ3n) is 2.59. The molecule has 1 heterocycles. The van der Waals surface area contributed by atoms with E-state index >= 15 is 0 Å². The van der Waals surface area contributed by atoms with Gasteiger partial charge in [-0.15, -0.1) is 11.3 Å². The van der Waals surface area contributed by atoms with Crippen LogP contribution in [0, 0.1) is 12.7 Å². The number of nitrogens with one attached hydrogen (secondary N) is 1. The van der Waals surface area contributed by atoms with Crippen molar-refractivity contribution < 1.29 is 14.0 Å². The Hall–Kier alpha value is -2.21. The van der Waals surface area contributed by atoms with Crippen LogP contribution in [-0.4, -0.2) is 11.8 Å². The van der Waals surface area contributed by atoms with Crippen LogP contribution >= 0.6 is 11.3 Å². The lowest BCUT2D eigenvalue weighted by Crippen LogP contribution is -2.17. The minimum Gasteiger partial charge on any atom is -0.366 e. The van der Waals surface area contributed by atoms with Gasteiger partial charge in [-0.3, -0.25) is 9.59 Å². The van der Waals surface area contributed by atoms with Gasteiger partial charge in [0.15, 0.2) is 0 Å². The molecule has 0 atom stereocenters. The molecule has 0 spiro atoms. The highest BCUT2D eigenvalue weighted by Crippen LogP contribution is 2.24. The van der Waals surface area contributed by atoms with Crippen molar-refractivity contribution >= 4 is 28.2 Å². The van der Waals surface area contributed by atoms with Gasteiger partial charge in [0, 0.05) is 0 Å². The second kappa shape index (κ2) is 5.19. The topological polar surface area (TPSA) is 72.2 Å². The Labute approximate surface area is 113 Å². The first-order valence-corrected chi connectivity index (χ1v) is 6.32. The van der Waals surface area contributed by atoms with E-state index in [4.69, 9.17) is 5.73 Å². The van der Waals surface area contributed by atoms with Crippen molar-refractivity contribution in [1.29, 1.82) is 0 Å². The standard InChI is InChI=1S/C13H11FN2O2S/c1-7-3-2-4-8(10(7)14)12(18)16-13-9(11(15)17)5-6-19-13/h2-6H,1H3,(H2,15,17)(H,16,18). The number of benzene rings is 1. The summed E-state index contributed by atoms with van der Waals surface area (Å²) in [6.07, 6.45) is 0. The van der Waals surface area contributed by atoms with Gasteiger partial charge in [-0.05, 0) is 30.0 Å². The molecule has 1 aromatic carbocycles. The summed E-state index contributed by atoms with van der Waals surface area (Å²) < 4.78 is 13.8. The Kier molecular flexibility index (Phi) is 3.62. The van der Waals surface area contributed by atoms with E-state index in [0.717, 1.165) is 11.3 Å². The van der Waals surface area contributed by atoms with Crippen molar-refractivity contribution in [2.24, 2.45) is 5.73 Å². The Bertz CT molecular complexity index is 652. The number of aryl methyl sites for hydroxylation is 1. The average Bonchev–Trinajstić information content (AvgIpc) is 2.80. The largest absolute Gasteiger partial charge is 0.366 e. The van der Waals surface area contributed by atoms with Crippen molar-refractivity contribution in [3.8, 4) is 0 Å². The van der Waals surface area contributed by atoms with E-state index in [1.807, 2.05) is 0 Å². The molecule has 6 heteroatoms. The highest BCUT2D eigenvalue weighted by Gasteiger charge is 2.17. The number of thiophene rings is 1. The van der Waals surface area contributed by atoms with Gasteiger partial charge >= 0.3 is 0 Å². The lowest BCUT2D eigenvalue weighted by molar-refractivity contribution is 0.100. The molecule has 0 unspecified atom stereocenters. The summed E-state index contributed by atoms with van der Waals surface area (Å²) >= 11 is 1.16. The predicted octanol–water partition coefficient (Wildman–Crippen LogP) is 2.55. The lowest BCUT2D eigenvalue weighted by atomic mass is 10.1. The summed E-state index contributed by atoms with van der Waals surface area (Å²) in [6, 6.07) is 6.06. The zero-order chi connectivity index (χ0) is 14.0. The smallest absolute Gasteiger partial charge is 0.259 e. The van der Waals surface area contributed by atoms with Crippen LogP contribution in [0.15, 0.2) is 29.6 Å². The summed E-state index contributed by atoms with van der Waals surface area (Å²) in [5.41, 5.74) is 5.70. The van der Waals surface area contributed by atoms with Crippen LogP contribution in [0.2, 0.25) is 0 Å². The molecule has 0 radical (unpaired) electrons. The van der Waals surface area contributed by atoms with Gasteiger partial charge in [-0.2, -0.15) is 0 Å². The third kappa shape index (κ3) is 2.63. The molecular weight excluding hydrogens is 267 g/mol. The number of carbonyl (C=O) groups is 2. The lowest BCUT2D eigenvalue weighted by Gasteiger charge is -2.06. The van der Waals surface area contributed by atoms with Gasteiger partial charge in [0.05, 0.1) is 11.1 Å². The number of primary amides is 1. The summed E-state index contributed by atoms with van der Waals surface area (Å²) in [7, 11) is 0. The van der Waals surface area contributed by atoms with Crippen molar-refractivity contribution in [3.63, 3.8) is 0 Å². The van der Waals surface area contributed by atoms with E-state index in [1.165, 1.54) is 12.1 Å². The molecule has 19 heavy (non-hydrogen) atoms. The summed E-state index contributed by atoms with van der Waals surface area (Å²) in [6.45, 7) is 1.58. The van der Waals surface area contributed by atoms with Crippen molar-refractivity contribution in [2.75, 3.05) is 5.32 Å². The van der Waals surface area contributed by atoms with E-state index < -0.39 is 17.6 Å². The van der Waals surface area contributed by atoms with Crippen LogP contribution in [0.25, 0.3) is 0 Å². The Morgan fingerprint density at radius 3 is 2.68 bits per heavy atom. The highest BCUT2D eigenvalue weighted by atomic mass is 32.1. The molecule has 4 nitrogen and oxygen atoms in total. The number of amides is 2. The quantitative estimate of drug-likeness (QED) is 0.905. The zero-order valence-electron chi connectivity index (χ0n) is 10.1. The molecule has 98 valence electrons. The molecule has 0 saturated heterocycles. The van der Waals surface area contributed by atoms with Crippen molar-refractivity contribution in [1.82, 2.24) is 0 Å². The molecule has 0 aliphatic heterocycles. The zero-order valence-corrected chi connectivity index (χ0v) is 10.9. The normalized spacial score (nSPS) is 10.2. The number of halogens is 1. The van der Waals surface area contributed by atoms with Crippen LogP contribution in [0.4, 0.5) is 9.39 Å². The number of carbonyl (C=O) groups excluding carboxylic acids is 2. The number of rotatable bonds is 3. The summed E-state index contributed by atoms with van der Waals surface area (Å²) in [5, 5.41) is 4.44. The maximum Gasteiger partial charge on any atom is 0.259 e. The molecule has 2 rings (SSSR count). The molecule has 3 N–H and O–H groups in total. The van der Waals surface area contributed by atoms with E-state index in [-0.39, 0.29) is 11.1 Å². The third-order valence-corrected chi connectivity index (χ3v) is 3.42. The summed E-state index contributed by atoms with van der Waals surface area (Å²) in [4.78, 5) is 23.1. The fraction of sp³-hybridized carbons (Fsp3) is 0.0769. The monoisotopic (exact) mass is 278 g/mol. The predicted molar refractivity (Wildman–Crippen MR) is 71.9 cm³/mol. The number of hydrogen-bond donors (Lipinski definition) is 2. The van der Waals surface area contributed by atoms with Gasteiger partial charge in [-0.25, -0.2) is 4.39 Å². The van der Waals surface area contributed by atoms with Crippen LogP contribution in [-0.2, 0) is 0 Å². The minimum atomic E-state index is -0.638. The van der Waals surface area contributed by atoms with Crippen LogP contribution in [0.5, 0.6) is 0 Å². The first kappa shape index (κ1) is 13.2. The Morgan fingerprint density at radius 1 is 1.26 bits per heavy atom. The van der Waals surface area contributed by atoms with Gasteiger partial charge in [0.1, 0.15) is 10.8 Å². The SMILES string of the molecule is Cc1cccc(C(=O)Nc2sccc2C(N)=O)c1F. The summed E-state index contributed by atoms with van der Waals surface area (Å²) in [5.74, 6) is -1.82. The first-order chi connectivity index (χ1) is 9.00. The van der Waals surface area contributed by atoms with Crippen molar-refractivity contribution in [2.45, 2.75) is 6.92 Å². The Balaban J connectivity index is 2.29. The van der Waals surface area contributed by atoms with Gasteiger partial charge in [0.2, 0.25) is 0 Å². The molecule has 0 fully saturated rings. The van der Waals surface area contributed by atoms with E-state index in [2.05, 4.69) is 5.32 Å². The second-order valence-electron chi connectivity index (χ2n) is 3.92. The first-order valence-electron chi connectivity index (χ1n) is 5.44. The number of hydrogen-bond acceptors (Lipinski definition) is 3. The van der Waals surface area contributed by atoms with E-state index in [0.29, 0.717) is 10.6 Å². The molecule has 1 aromatic heterocycles. The second-order valence-corrected chi connectivity index (χ2v) is 4.83. The number of anilines is 1. The van der Waals surface area contributed by atoms with Gasteiger partial charge in [-0.1, -0.05) is 12.1 Å². The van der Waals surface area contributed by atoms with Crippen molar-refractivity contribution in [3.05, 3.63) is 52.2 Å².